The van der Waals surface area contributed by atoms with Crippen LogP contribution >= 0.6 is 0 Å². The third-order valence-electron chi connectivity index (χ3n) is 4.16. The van der Waals surface area contributed by atoms with Gasteiger partial charge in [-0.15, -0.1) is 0 Å². The molecule has 2 aromatic carbocycles. The maximum atomic E-state index is 12.8. The molecule has 0 spiro atoms. The molecule has 0 radical (unpaired) electrons. The average molecular weight is 411 g/mol. The Balaban J connectivity index is 2.06. The van der Waals surface area contributed by atoms with Crippen LogP contribution in [-0.4, -0.2) is 24.1 Å². The largest absolute Gasteiger partial charge is 0.490 e. The van der Waals surface area contributed by atoms with Crippen molar-refractivity contribution in [3.63, 3.8) is 0 Å². The third kappa shape index (κ3) is 8.52. The number of benzene rings is 2. The van der Waals surface area contributed by atoms with Gasteiger partial charge in [0.1, 0.15) is 24.6 Å². The normalized spacial score (nSPS) is 12.0. The number of ether oxygens (including phenoxy) is 3. The Morgan fingerprint density at radius 2 is 1.67 bits per heavy atom. The number of carbonyl (C=O) groups excluding carboxylic acids is 2. The van der Waals surface area contributed by atoms with Crippen molar-refractivity contribution in [3.05, 3.63) is 78.4 Å². The highest BCUT2D eigenvalue weighted by molar-refractivity contribution is 5.80. The topological polar surface area (TPSA) is 61.8 Å². The highest BCUT2D eigenvalue weighted by atomic mass is 16.6. The smallest absolute Gasteiger partial charge is 0.310 e. The summed E-state index contributed by atoms with van der Waals surface area (Å²) in [6, 6.07) is 16.9. The van der Waals surface area contributed by atoms with Gasteiger partial charge in [-0.05, 0) is 50.5 Å². The van der Waals surface area contributed by atoms with Crippen molar-refractivity contribution in [2.75, 3.05) is 6.61 Å². The molecule has 1 atom stereocenters. The SMILES string of the molecule is C=CCOc1ccc(C[C@H](CC(=O)OC(C)(C)C)C(=O)OCc2ccccc2)cc1. The van der Waals surface area contributed by atoms with Gasteiger partial charge in [-0.2, -0.15) is 0 Å². The van der Waals surface area contributed by atoms with E-state index in [9.17, 15) is 9.59 Å². The Bertz CT molecular complexity index is 819. The molecule has 0 bridgehead atoms. The first kappa shape index (κ1) is 23.2. The van der Waals surface area contributed by atoms with Crippen molar-refractivity contribution in [2.45, 2.75) is 45.8 Å². The van der Waals surface area contributed by atoms with Gasteiger partial charge in [-0.25, -0.2) is 0 Å². The third-order valence-corrected chi connectivity index (χ3v) is 4.16. The van der Waals surface area contributed by atoms with Crippen LogP contribution in [0.4, 0.5) is 0 Å². The van der Waals surface area contributed by atoms with Crippen LogP contribution in [0, 0.1) is 5.92 Å². The molecule has 0 aliphatic rings. The summed E-state index contributed by atoms with van der Waals surface area (Å²) in [5.41, 5.74) is 1.19. The lowest BCUT2D eigenvalue weighted by Crippen LogP contribution is -2.29. The standard InChI is InChI=1S/C25H30O5/c1-5-15-28-22-13-11-19(12-14-22)16-21(17-23(26)30-25(2,3)4)24(27)29-18-20-9-7-6-8-10-20/h5-14,21H,1,15-18H2,2-4H3/t21-/m1/s1. The minimum atomic E-state index is -0.636. The lowest BCUT2D eigenvalue weighted by atomic mass is 9.96. The summed E-state index contributed by atoms with van der Waals surface area (Å²) >= 11 is 0. The summed E-state index contributed by atoms with van der Waals surface area (Å²) < 4.78 is 16.4. The van der Waals surface area contributed by atoms with E-state index in [2.05, 4.69) is 6.58 Å². The van der Waals surface area contributed by atoms with Gasteiger partial charge in [0.25, 0.3) is 0 Å². The van der Waals surface area contributed by atoms with Crippen LogP contribution in [0.1, 0.15) is 38.3 Å². The first-order valence-corrected chi connectivity index (χ1v) is 10.0. The van der Waals surface area contributed by atoms with E-state index in [1.165, 1.54) is 0 Å². The van der Waals surface area contributed by atoms with Crippen LogP contribution in [0.25, 0.3) is 0 Å². The van der Waals surface area contributed by atoms with Crippen molar-refractivity contribution >= 4 is 11.9 Å². The van der Waals surface area contributed by atoms with Gasteiger partial charge in [0.2, 0.25) is 0 Å². The summed E-state index contributed by atoms with van der Waals surface area (Å²) in [6.45, 7) is 9.62. The van der Waals surface area contributed by atoms with E-state index >= 15 is 0 Å². The van der Waals surface area contributed by atoms with E-state index in [4.69, 9.17) is 14.2 Å². The van der Waals surface area contributed by atoms with Crippen LogP contribution < -0.4 is 4.74 Å². The van der Waals surface area contributed by atoms with E-state index in [1.54, 1.807) is 26.8 Å². The lowest BCUT2D eigenvalue weighted by Gasteiger charge is -2.22. The Morgan fingerprint density at radius 3 is 2.27 bits per heavy atom. The average Bonchev–Trinajstić information content (AvgIpc) is 2.70. The molecule has 160 valence electrons. The monoisotopic (exact) mass is 410 g/mol. The van der Waals surface area contributed by atoms with Gasteiger partial charge < -0.3 is 14.2 Å². The molecule has 0 N–H and O–H groups in total. The van der Waals surface area contributed by atoms with Gasteiger partial charge in [0, 0.05) is 0 Å². The van der Waals surface area contributed by atoms with E-state index < -0.39 is 23.5 Å². The molecule has 5 heteroatoms. The summed E-state index contributed by atoms with van der Waals surface area (Å²) in [5.74, 6) is -0.760. The van der Waals surface area contributed by atoms with Crippen molar-refractivity contribution < 1.29 is 23.8 Å². The molecule has 0 saturated carbocycles. The number of esters is 2. The van der Waals surface area contributed by atoms with E-state index in [0.717, 1.165) is 11.1 Å². The van der Waals surface area contributed by atoms with E-state index in [1.807, 2.05) is 54.6 Å². The summed E-state index contributed by atoms with van der Waals surface area (Å²) in [5, 5.41) is 0. The first-order valence-electron chi connectivity index (χ1n) is 10.0. The zero-order chi connectivity index (χ0) is 22.0. The van der Waals surface area contributed by atoms with Crippen molar-refractivity contribution in [2.24, 2.45) is 5.92 Å². The predicted octanol–water partition coefficient (Wildman–Crippen LogP) is 4.89. The second-order valence-corrected chi connectivity index (χ2v) is 8.03. The van der Waals surface area contributed by atoms with Crippen LogP contribution in [0.5, 0.6) is 5.75 Å². The Morgan fingerprint density at radius 1 is 1.00 bits per heavy atom. The molecule has 0 unspecified atom stereocenters. The molecule has 2 rings (SSSR count). The molecule has 0 aromatic heterocycles. The number of hydrogen-bond acceptors (Lipinski definition) is 5. The Hall–Kier alpha value is -3.08. The van der Waals surface area contributed by atoms with E-state index in [0.29, 0.717) is 18.8 Å². The molecule has 0 fully saturated rings. The summed E-state index contributed by atoms with van der Waals surface area (Å²) in [6.07, 6.45) is 2.00. The van der Waals surface area contributed by atoms with Crippen LogP contribution in [-0.2, 0) is 32.1 Å². The molecule has 0 saturated heterocycles. The van der Waals surface area contributed by atoms with Crippen molar-refractivity contribution in [3.8, 4) is 5.75 Å². The Labute approximate surface area is 178 Å². The predicted molar refractivity (Wildman–Crippen MR) is 116 cm³/mol. The maximum absolute atomic E-state index is 12.8. The van der Waals surface area contributed by atoms with Gasteiger partial charge in [-0.1, -0.05) is 55.1 Å². The highest BCUT2D eigenvalue weighted by Gasteiger charge is 2.27. The van der Waals surface area contributed by atoms with Crippen LogP contribution in [0.15, 0.2) is 67.3 Å². The molecule has 0 aliphatic carbocycles. The molecular formula is C25H30O5. The zero-order valence-corrected chi connectivity index (χ0v) is 17.9. The van der Waals surface area contributed by atoms with Crippen LogP contribution in [0.2, 0.25) is 0 Å². The van der Waals surface area contributed by atoms with Gasteiger partial charge >= 0.3 is 11.9 Å². The first-order chi connectivity index (χ1) is 14.3. The van der Waals surface area contributed by atoms with Gasteiger partial charge in [0.15, 0.2) is 0 Å². The molecule has 5 nitrogen and oxygen atoms in total. The second kappa shape index (κ2) is 11.2. The number of carbonyl (C=O) groups is 2. The van der Waals surface area contributed by atoms with Gasteiger partial charge in [0.05, 0.1) is 12.3 Å². The number of hydrogen-bond donors (Lipinski definition) is 0. The minimum Gasteiger partial charge on any atom is -0.490 e. The molecule has 0 heterocycles. The number of rotatable bonds is 10. The van der Waals surface area contributed by atoms with Crippen molar-refractivity contribution in [1.29, 1.82) is 0 Å². The summed E-state index contributed by atoms with van der Waals surface area (Å²) in [7, 11) is 0. The van der Waals surface area contributed by atoms with Crippen LogP contribution in [0.3, 0.4) is 0 Å². The fourth-order valence-corrected chi connectivity index (χ4v) is 2.83. The molecule has 0 aliphatic heterocycles. The lowest BCUT2D eigenvalue weighted by molar-refractivity contribution is -0.162. The maximum Gasteiger partial charge on any atom is 0.310 e. The molecular weight excluding hydrogens is 380 g/mol. The molecule has 2 aromatic rings. The summed E-state index contributed by atoms with van der Waals surface area (Å²) in [4.78, 5) is 25.1. The fourth-order valence-electron chi connectivity index (χ4n) is 2.83. The van der Waals surface area contributed by atoms with E-state index in [-0.39, 0.29) is 13.0 Å². The molecule has 0 amide bonds. The Kier molecular flexibility index (Phi) is 8.66. The second-order valence-electron chi connectivity index (χ2n) is 8.03. The zero-order valence-electron chi connectivity index (χ0n) is 17.9. The quantitative estimate of drug-likeness (QED) is 0.412. The molecule has 30 heavy (non-hydrogen) atoms. The highest BCUT2D eigenvalue weighted by Crippen LogP contribution is 2.20. The fraction of sp³-hybridized carbons (Fsp3) is 0.360. The van der Waals surface area contributed by atoms with Crippen molar-refractivity contribution in [1.82, 2.24) is 0 Å². The van der Waals surface area contributed by atoms with Gasteiger partial charge in [-0.3, -0.25) is 9.59 Å². The minimum absolute atomic E-state index is 0.0421.